The van der Waals surface area contributed by atoms with Gasteiger partial charge in [-0.1, -0.05) is 18.2 Å². The second-order valence-corrected chi connectivity index (χ2v) is 4.62. The first-order valence-corrected chi connectivity index (χ1v) is 7.11. The number of ether oxygens (including phenoxy) is 2. The first kappa shape index (κ1) is 16.0. The lowest BCUT2D eigenvalue weighted by atomic mass is 9.99. The van der Waals surface area contributed by atoms with Gasteiger partial charge in [-0.25, -0.2) is 4.79 Å². The van der Waals surface area contributed by atoms with E-state index in [-0.39, 0.29) is 6.61 Å². The van der Waals surface area contributed by atoms with Gasteiger partial charge in [0.1, 0.15) is 5.75 Å². The van der Waals surface area contributed by atoms with Crippen LogP contribution >= 0.6 is 0 Å². The standard InChI is InChI=1S/C17H19NO4/c1-3-22-17(20)15-11-18-12(8-9-19)10-14(15)13-6-4-5-7-16(13)21-2/h4-7,10-11,19H,3,8-9H2,1-2H3. The number of rotatable bonds is 6. The van der Waals surface area contributed by atoms with Gasteiger partial charge in [-0.3, -0.25) is 4.98 Å². The summed E-state index contributed by atoms with van der Waals surface area (Å²) in [6, 6.07) is 9.23. The molecule has 5 heteroatoms. The van der Waals surface area contributed by atoms with Crippen molar-refractivity contribution in [3.8, 4) is 16.9 Å². The average Bonchev–Trinajstić information content (AvgIpc) is 2.55. The van der Waals surface area contributed by atoms with Crippen LogP contribution in [0.1, 0.15) is 23.0 Å². The molecule has 0 aliphatic carbocycles. The van der Waals surface area contributed by atoms with Crippen LogP contribution in [-0.4, -0.2) is 36.4 Å². The second-order valence-electron chi connectivity index (χ2n) is 4.62. The molecule has 1 N–H and O–H groups in total. The Morgan fingerprint density at radius 1 is 1.27 bits per heavy atom. The molecule has 0 aliphatic rings. The van der Waals surface area contributed by atoms with Crippen molar-refractivity contribution in [2.75, 3.05) is 20.3 Å². The number of pyridine rings is 1. The van der Waals surface area contributed by atoms with Crippen LogP contribution in [0.5, 0.6) is 5.75 Å². The number of benzene rings is 1. The molecule has 2 aromatic rings. The summed E-state index contributed by atoms with van der Waals surface area (Å²) in [4.78, 5) is 16.4. The topological polar surface area (TPSA) is 68.7 Å². The number of carbonyl (C=O) groups excluding carboxylic acids is 1. The number of esters is 1. The van der Waals surface area contributed by atoms with Gasteiger partial charge in [-0.05, 0) is 19.1 Å². The summed E-state index contributed by atoms with van der Waals surface area (Å²) in [6.45, 7) is 2.05. The van der Waals surface area contributed by atoms with Gasteiger partial charge < -0.3 is 14.6 Å². The number of methoxy groups -OCH3 is 1. The summed E-state index contributed by atoms with van der Waals surface area (Å²) in [5, 5.41) is 9.09. The molecule has 0 saturated heterocycles. The number of hydrogen-bond acceptors (Lipinski definition) is 5. The van der Waals surface area contributed by atoms with E-state index in [1.165, 1.54) is 6.20 Å². The molecule has 0 aliphatic heterocycles. The number of nitrogens with zero attached hydrogens (tertiary/aromatic N) is 1. The van der Waals surface area contributed by atoms with Crippen molar-refractivity contribution < 1.29 is 19.4 Å². The maximum absolute atomic E-state index is 12.2. The van der Waals surface area contributed by atoms with Crippen LogP contribution in [0, 0.1) is 0 Å². The molecule has 0 unspecified atom stereocenters. The summed E-state index contributed by atoms with van der Waals surface area (Å²) >= 11 is 0. The highest BCUT2D eigenvalue weighted by molar-refractivity contribution is 5.97. The zero-order valence-corrected chi connectivity index (χ0v) is 12.7. The number of hydrogen-bond donors (Lipinski definition) is 1. The number of aliphatic hydroxyl groups is 1. The summed E-state index contributed by atoms with van der Waals surface area (Å²) in [7, 11) is 1.58. The van der Waals surface area contributed by atoms with Crippen LogP contribution in [-0.2, 0) is 11.2 Å². The van der Waals surface area contributed by atoms with E-state index in [4.69, 9.17) is 14.6 Å². The van der Waals surface area contributed by atoms with Gasteiger partial charge in [0.15, 0.2) is 0 Å². The Kier molecular flexibility index (Phi) is 5.49. The summed E-state index contributed by atoms with van der Waals surface area (Å²) in [5.74, 6) is 0.237. The molecule has 1 aromatic carbocycles. The largest absolute Gasteiger partial charge is 0.496 e. The molecular weight excluding hydrogens is 282 g/mol. The van der Waals surface area contributed by atoms with Gasteiger partial charge in [0.05, 0.1) is 19.3 Å². The highest BCUT2D eigenvalue weighted by Gasteiger charge is 2.18. The van der Waals surface area contributed by atoms with Crippen LogP contribution in [0.15, 0.2) is 36.5 Å². The molecule has 0 amide bonds. The van der Waals surface area contributed by atoms with E-state index in [0.717, 1.165) is 5.56 Å². The summed E-state index contributed by atoms with van der Waals surface area (Å²) in [5.41, 5.74) is 2.56. The van der Waals surface area contributed by atoms with Gasteiger partial charge in [0.2, 0.25) is 0 Å². The second kappa shape index (κ2) is 7.56. The highest BCUT2D eigenvalue weighted by Crippen LogP contribution is 2.32. The van der Waals surface area contributed by atoms with Crippen molar-refractivity contribution in [1.82, 2.24) is 4.98 Å². The Hall–Kier alpha value is -2.40. The molecule has 5 nitrogen and oxygen atoms in total. The molecule has 0 spiro atoms. The van der Waals surface area contributed by atoms with E-state index in [0.29, 0.717) is 35.6 Å². The lowest BCUT2D eigenvalue weighted by Crippen LogP contribution is -2.09. The van der Waals surface area contributed by atoms with E-state index in [1.54, 1.807) is 20.1 Å². The fourth-order valence-corrected chi connectivity index (χ4v) is 2.21. The van der Waals surface area contributed by atoms with Crippen LogP contribution in [0.2, 0.25) is 0 Å². The fraction of sp³-hybridized carbons (Fsp3) is 0.294. The normalized spacial score (nSPS) is 10.3. The number of aromatic nitrogens is 1. The molecular formula is C17H19NO4. The van der Waals surface area contributed by atoms with E-state index in [2.05, 4.69) is 4.98 Å². The SMILES string of the molecule is CCOC(=O)c1cnc(CCO)cc1-c1ccccc1OC. The summed E-state index contributed by atoms with van der Waals surface area (Å²) < 4.78 is 10.5. The number of para-hydroxylation sites is 1. The predicted octanol–water partition coefficient (Wildman–Crippen LogP) is 2.47. The van der Waals surface area contributed by atoms with Crippen molar-refractivity contribution in [3.63, 3.8) is 0 Å². The van der Waals surface area contributed by atoms with Crippen LogP contribution < -0.4 is 4.74 Å². The van der Waals surface area contributed by atoms with Crippen molar-refractivity contribution in [3.05, 3.63) is 47.8 Å². The van der Waals surface area contributed by atoms with Crippen molar-refractivity contribution in [2.45, 2.75) is 13.3 Å². The molecule has 0 atom stereocenters. The third-order valence-corrected chi connectivity index (χ3v) is 3.22. The van der Waals surface area contributed by atoms with Crippen molar-refractivity contribution >= 4 is 5.97 Å². The Balaban J connectivity index is 2.58. The summed E-state index contributed by atoms with van der Waals surface area (Å²) in [6.07, 6.45) is 1.91. The Morgan fingerprint density at radius 2 is 2.05 bits per heavy atom. The van der Waals surface area contributed by atoms with Gasteiger partial charge in [-0.2, -0.15) is 0 Å². The number of carbonyl (C=O) groups is 1. The molecule has 0 radical (unpaired) electrons. The van der Waals surface area contributed by atoms with Gasteiger partial charge in [0, 0.05) is 36.0 Å². The van der Waals surface area contributed by atoms with Gasteiger partial charge in [0.25, 0.3) is 0 Å². The monoisotopic (exact) mass is 301 g/mol. The first-order chi connectivity index (χ1) is 10.7. The molecule has 1 heterocycles. The van der Waals surface area contributed by atoms with Gasteiger partial charge >= 0.3 is 5.97 Å². The molecule has 1 aromatic heterocycles. The Bertz CT molecular complexity index is 655. The molecule has 0 fully saturated rings. The minimum atomic E-state index is -0.425. The molecule has 22 heavy (non-hydrogen) atoms. The highest BCUT2D eigenvalue weighted by atomic mass is 16.5. The first-order valence-electron chi connectivity index (χ1n) is 7.11. The van der Waals surface area contributed by atoms with Gasteiger partial charge in [-0.15, -0.1) is 0 Å². The maximum Gasteiger partial charge on any atom is 0.340 e. The third-order valence-electron chi connectivity index (χ3n) is 3.22. The van der Waals surface area contributed by atoms with E-state index in [1.807, 2.05) is 24.3 Å². The number of aliphatic hydroxyl groups excluding tert-OH is 1. The Labute approximate surface area is 129 Å². The maximum atomic E-state index is 12.2. The molecule has 0 bridgehead atoms. The van der Waals surface area contributed by atoms with Crippen molar-refractivity contribution in [1.29, 1.82) is 0 Å². The lowest BCUT2D eigenvalue weighted by molar-refractivity contribution is 0.0527. The zero-order valence-electron chi connectivity index (χ0n) is 12.7. The van der Waals surface area contributed by atoms with Crippen LogP contribution in [0.4, 0.5) is 0 Å². The minimum absolute atomic E-state index is 0.00286. The van der Waals surface area contributed by atoms with E-state index < -0.39 is 5.97 Å². The predicted molar refractivity (Wildman–Crippen MR) is 83.0 cm³/mol. The minimum Gasteiger partial charge on any atom is -0.496 e. The third kappa shape index (κ3) is 3.43. The average molecular weight is 301 g/mol. The molecule has 116 valence electrons. The van der Waals surface area contributed by atoms with E-state index in [9.17, 15) is 4.79 Å². The fourth-order valence-electron chi connectivity index (χ4n) is 2.21. The van der Waals surface area contributed by atoms with E-state index >= 15 is 0 Å². The van der Waals surface area contributed by atoms with Crippen LogP contribution in [0.3, 0.4) is 0 Å². The van der Waals surface area contributed by atoms with Crippen LogP contribution in [0.25, 0.3) is 11.1 Å². The quantitative estimate of drug-likeness (QED) is 0.830. The van der Waals surface area contributed by atoms with Crippen molar-refractivity contribution in [2.24, 2.45) is 0 Å². The zero-order chi connectivity index (χ0) is 15.9. The lowest BCUT2D eigenvalue weighted by Gasteiger charge is -2.13. The smallest absolute Gasteiger partial charge is 0.340 e. The molecule has 2 rings (SSSR count). The Morgan fingerprint density at radius 3 is 2.73 bits per heavy atom. The molecule has 0 saturated carbocycles.